The number of carbonyl (C=O) groups is 2. The summed E-state index contributed by atoms with van der Waals surface area (Å²) in [5, 5.41) is 19.7. The number of nitrogens with one attached hydrogen (secondary N) is 1. The maximum Gasteiger partial charge on any atom is 0.340 e. The highest BCUT2D eigenvalue weighted by Gasteiger charge is 2.53. The quantitative estimate of drug-likeness (QED) is 0.632. The van der Waals surface area contributed by atoms with Gasteiger partial charge in [0.2, 0.25) is 0 Å². The van der Waals surface area contributed by atoms with Gasteiger partial charge < -0.3 is 19.7 Å². The average molecular weight is 374 g/mol. The zero-order chi connectivity index (χ0) is 19.6. The standard InChI is InChI=1S/C21H12NO6/c22-19(25)10-1-4-14-13(7-10)20(26)28-21(14)15-5-2-11(23)8-17(15)27-18-9-12(24)3-6-16(18)21/h1-9,22-24H. The molecule has 0 bridgehead atoms. The molecule has 1 radical (unpaired) electrons. The van der Waals surface area contributed by atoms with Crippen LogP contribution in [-0.2, 0) is 10.3 Å². The van der Waals surface area contributed by atoms with Gasteiger partial charge in [0.15, 0.2) is 5.60 Å². The number of benzene rings is 3. The van der Waals surface area contributed by atoms with Crippen molar-refractivity contribution in [3.05, 3.63) is 82.4 Å². The molecule has 0 saturated heterocycles. The highest BCUT2D eigenvalue weighted by Crippen LogP contribution is 2.56. The van der Waals surface area contributed by atoms with Crippen molar-refractivity contribution in [2.24, 2.45) is 0 Å². The number of ether oxygens (including phenoxy) is 2. The van der Waals surface area contributed by atoms with E-state index in [1.807, 2.05) is 0 Å². The van der Waals surface area contributed by atoms with Crippen molar-refractivity contribution in [2.45, 2.75) is 5.60 Å². The number of phenols is 2. The number of esters is 1. The molecule has 0 aliphatic carbocycles. The van der Waals surface area contributed by atoms with E-state index in [4.69, 9.17) is 15.2 Å². The van der Waals surface area contributed by atoms with Crippen LogP contribution in [0.25, 0.3) is 0 Å². The zero-order valence-electron chi connectivity index (χ0n) is 14.2. The Kier molecular flexibility index (Phi) is 3.04. The predicted molar refractivity (Wildman–Crippen MR) is 95.5 cm³/mol. The van der Waals surface area contributed by atoms with Crippen molar-refractivity contribution < 1.29 is 29.3 Å². The molecule has 5 rings (SSSR count). The molecule has 1 amide bonds. The summed E-state index contributed by atoms with van der Waals surface area (Å²) < 4.78 is 11.7. The van der Waals surface area contributed by atoms with Crippen LogP contribution in [0.3, 0.4) is 0 Å². The molecule has 28 heavy (non-hydrogen) atoms. The Morgan fingerprint density at radius 2 is 1.43 bits per heavy atom. The van der Waals surface area contributed by atoms with E-state index < -0.39 is 17.5 Å². The normalized spacial score (nSPS) is 15.2. The van der Waals surface area contributed by atoms with E-state index in [1.165, 1.54) is 36.4 Å². The first kappa shape index (κ1) is 16.2. The van der Waals surface area contributed by atoms with Crippen LogP contribution in [-0.4, -0.2) is 22.1 Å². The van der Waals surface area contributed by atoms with Crippen LogP contribution in [0.5, 0.6) is 23.0 Å². The van der Waals surface area contributed by atoms with E-state index in [0.29, 0.717) is 16.7 Å². The molecule has 2 aliphatic rings. The van der Waals surface area contributed by atoms with Crippen molar-refractivity contribution in [1.29, 1.82) is 0 Å². The Hall–Kier alpha value is -4.00. The lowest BCUT2D eigenvalue weighted by Crippen LogP contribution is -2.32. The molecule has 0 aromatic heterocycles. The van der Waals surface area contributed by atoms with Gasteiger partial charge in [-0.15, -0.1) is 0 Å². The highest BCUT2D eigenvalue weighted by atomic mass is 16.6. The molecule has 3 aromatic carbocycles. The molecule has 137 valence electrons. The number of hydrogen-bond acceptors (Lipinski definition) is 6. The number of rotatable bonds is 1. The molecule has 1 spiro atoms. The first-order valence-electron chi connectivity index (χ1n) is 8.39. The van der Waals surface area contributed by atoms with E-state index in [2.05, 4.69) is 0 Å². The van der Waals surface area contributed by atoms with Gasteiger partial charge in [-0.1, -0.05) is 6.07 Å². The summed E-state index contributed by atoms with van der Waals surface area (Å²) >= 11 is 0. The molecule has 0 saturated carbocycles. The summed E-state index contributed by atoms with van der Waals surface area (Å²) in [6.07, 6.45) is 0. The number of carbonyl (C=O) groups excluding carboxylic acids is 2. The van der Waals surface area contributed by atoms with Gasteiger partial charge in [0.1, 0.15) is 23.0 Å². The fourth-order valence-electron chi connectivity index (χ4n) is 3.85. The molecule has 2 aliphatic heterocycles. The third kappa shape index (κ3) is 1.98. The molecular formula is C21H12NO6. The topological polar surface area (TPSA) is 117 Å². The van der Waals surface area contributed by atoms with Crippen LogP contribution in [0, 0.1) is 0 Å². The number of phenolic OH excluding ortho intramolecular Hbond substituents is 2. The number of fused-ring (bicyclic) bond motifs is 6. The Balaban J connectivity index is 1.87. The lowest BCUT2D eigenvalue weighted by molar-refractivity contribution is 0.0224. The van der Waals surface area contributed by atoms with Crippen molar-refractivity contribution in [1.82, 2.24) is 5.73 Å². The van der Waals surface area contributed by atoms with Crippen LogP contribution in [0.15, 0.2) is 54.6 Å². The lowest BCUT2D eigenvalue weighted by Gasteiger charge is -2.36. The van der Waals surface area contributed by atoms with Crippen molar-refractivity contribution >= 4 is 11.9 Å². The summed E-state index contributed by atoms with van der Waals surface area (Å²) in [6, 6.07) is 13.3. The lowest BCUT2D eigenvalue weighted by atomic mass is 9.77. The molecule has 2 heterocycles. The Morgan fingerprint density at radius 1 is 0.857 bits per heavy atom. The smallest absolute Gasteiger partial charge is 0.340 e. The second-order valence-corrected chi connectivity index (χ2v) is 6.62. The number of aromatic hydroxyl groups is 2. The third-order valence-corrected chi connectivity index (χ3v) is 5.04. The molecule has 3 aromatic rings. The van der Waals surface area contributed by atoms with Crippen LogP contribution in [0.4, 0.5) is 0 Å². The van der Waals surface area contributed by atoms with Crippen LogP contribution in [0.1, 0.15) is 37.4 Å². The minimum absolute atomic E-state index is 0.0304. The fraction of sp³-hybridized carbons (Fsp3) is 0.0476. The molecule has 0 atom stereocenters. The molecule has 0 unspecified atom stereocenters. The van der Waals surface area contributed by atoms with E-state index in [9.17, 15) is 19.8 Å². The van der Waals surface area contributed by atoms with Gasteiger partial charge >= 0.3 is 5.97 Å². The van der Waals surface area contributed by atoms with Gasteiger partial charge in [-0.3, -0.25) is 10.5 Å². The zero-order valence-corrected chi connectivity index (χ0v) is 14.2. The molecule has 3 N–H and O–H groups in total. The van der Waals surface area contributed by atoms with E-state index >= 15 is 0 Å². The summed E-state index contributed by atoms with van der Waals surface area (Å²) in [5.74, 6) is -1.05. The number of hydrogen-bond donors (Lipinski definition) is 2. The van der Waals surface area contributed by atoms with Gasteiger partial charge in [0.25, 0.3) is 5.91 Å². The van der Waals surface area contributed by atoms with Crippen LogP contribution < -0.4 is 10.5 Å². The van der Waals surface area contributed by atoms with E-state index in [1.54, 1.807) is 18.2 Å². The summed E-state index contributed by atoms with van der Waals surface area (Å²) in [5.41, 5.74) is 7.69. The maximum absolute atomic E-state index is 12.7. The molecule has 0 fully saturated rings. The SMILES string of the molecule is [NH]C(=O)c1ccc2c(c1)C(=O)OC21c2ccc(O)cc2Oc2cc(O)ccc21. The first-order valence-corrected chi connectivity index (χ1v) is 8.39. The predicted octanol–water partition coefficient (Wildman–Crippen LogP) is 3.09. The second kappa shape index (κ2) is 5.26. The van der Waals surface area contributed by atoms with Gasteiger partial charge in [0.05, 0.1) is 5.56 Å². The van der Waals surface area contributed by atoms with Crippen molar-refractivity contribution in [3.8, 4) is 23.0 Å². The van der Waals surface area contributed by atoms with Crippen LogP contribution in [0.2, 0.25) is 0 Å². The minimum atomic E-state index is -1.36. The van der Waals surface area contributed by atoms with Gasteiger partial charge in [-0.2, -0.15) is 0 Å². The summed E-state index contributed by atoms with van der Waals surface area (Å²) in [4.78, 5) is 24.2. The minimum Gasteiger partial charge on any atom is -0.508 e. The first-order chi connectivity index (χ1) is 13.4. The average Bonchev–Trinajstić information content (AvgIpc) is 2.94. The highest BCUT2D eigenvalue weighted by molar-refractivity contribution is 6.01. The summed E-state index contributed by atoms with van der Waals surface area (Å²) in [7, 11) is 0. The Labute approximate surface area is 158 Å². The second-order valence-electron chi connectivity index (χ2n) is 6.62. The van der Waals surface area contributed by atoms with Gasteiger partial charge in [0, 0.05) is 34.4 Å². The van der Waals surface area contributed by atoms with Gasteiger partial charge in [-0.05, 0) is 36.4 Å². The van der Waals surface area contributed by atoms with Crippen molar-refractivity contribution in [2.75, 3.05) is 0 Å². The molecule has 7 heteroatoms. The molecule has 7 nitrogen and oxygen atoms in total. The third-order valence-electron chi connectivity index (χ3n) is 5.04. The maximum atomic E-state index is 12.7. The summed E-state index contributed by atoms with van der Waals surface area (Å²) in [6.45, 7) is 0. The van der Waals surface area contributed by atoms with Crippen molar-refractivity contribution in [3.63, 3.8) is 0 Å². The number of amides is 1. The Morgan fingerprint density at radius 3 is 2.00 bits per heavy atom. The van der Waals surface area contributed by atoms with E-state index in [0.717, 1.165) is 0 Å². The monoisotopic (exact) mass is 374 g/mol. The van der Waals surface area contributed by atoms with Crippen LogP contribution >= 0.6 is 0 Å². The largest absolute Gasteiger partial charge is 0.508 e. The van der Waals surface area contributed by atoms with E-state index in [-0.39, 0.29) is 34.1 Å². The van der Waals surface area contributed by atoms with Gasteiger partial charge in [-0.25, -0.2) is 4.79 Å². The Bertz CT molecular complexity index is 1150. The fourth-order valence-corrected chi connectivity index (χ4v) is 3.85. The molecular weight excluding hydrogens is 362 g/mol.